The number of hydrogen-bond acceptors (Lipinski definition) is 6. The molecule has 0 bridgehead atoms. The van der Waals surface area contributed by atoms with Crippen molar-refractivity contribution in [3.05, 3.63) is 26.9 Å². The molecule has 0 saturated carbocycles. The van der Waals surface area contributed by atoms with Gasteiger partial charge in [-0.05, 0) is 19.1 Å². The van der Waals surface area contributed by atoms with Crippen LogP contribution in [0.25, 0.3) is 0 Å². The van der Waals surface area contributed by atoms with Gasteiger partial charge in [-0.2, -0.15) is 0 Å². The van der Waals surface area contributed by atoms with E-state index in [2.05, 4.69) is 4.98 Å². The number of hydrogen-bond donors (Lipinski definition) is 4. The van der Waals surface area contributed by atoms with Crippen LogP contribution in [0.3, 0.4) is 0 Å². The first-order valence-electron chi connectivity index (χ1n) is 5.46. The maximum atomic E-state index is 13.9. The van der Waals surface area contributed by atoms with Gasteiger partial charge in [-0.25, -0.2) is 4.39 Å². The molecule has 19 heavy (non-hydrogen) atoms. The minimum absolute atomic E-state index is 0.0889. The van der Waals surface area contributed by atoms with Gasteiger partial charge in [-0.3, -0.25) is 14.3 Å². The summed E-state index contributed by atoms with van der Waals surface area (Å²) in [6.45, 7) is 0.383. The first-order chi connectivity index (χ1) is 8.80. The molecular formula is C10H13FN2O5S. The molecule has 1 aromatic heterocycles. The van der Waals surface area contributed by atoms with Crippen LogP contribution in [0.1, 0.15) is 11.8 Å². The van der Waals surface area contributed by atoms with E-state index in [1.54, 1.807) is 0 Å². The minimum Gasteiger partial charge on any atom is -0.390 e. The van der Waals surface area contributed by atoms with Crippen molar-refractivity contribution in [3.8, 4) is 0 Å². The van der Waals surface area contributed by atoms with Gasteiger partial charge in [-0.1, -0.05) is 0 Å². The molecule has 0 unspecified atom stereocenters. The van der Waals surface area contributed by atoms with Gasteiger partial charge < -0.3 is 20.1 Å². The molecule has 9 heteroatoms. The molecule has 1 aliphatic heterocycles. The predicted octanol–water partition coefficient (Wildman–Crippen LogP) is -0.877. The van der Waals surface area contributed by atoms with E-state index in [1.807, 2.05) is 0 Å². The number of nitrogens with zero attached hydrogens (tertiary/aromatic N) is 1. The molecule has 0 amide bonds. The van der Waals surface area contributed by atoms with Gasteiger partial charge in [0.2, 0.25) is 0 Å². The Labute approximate surface area is 111 Å². The summed E-state index contributed by atoms with van der Waals surface area (Å²) in [5.41, 5.74) is -0.137. The number of alkyl halides is 1. The Morgan fingerprint density at radius 1 is 1.63 bits per heavy atom. The van der Waals surface area contributed by atoms with Gasteiger partial charge in [0, 0.05) is 11.8 Å². The van der Waals surface area contributed by atoms with Crippen LogP contribution in [0.2, 0.25) is 0 Å². The molecule has 1 aliphatic rings. The Morgan fingerprint density at radius 2 is 2.26 bits per heavy atom. The zero-order chi connectivity index (χ0) is 14.4. The number of rotatable bonds is 2. The molecule has 1 saturated heterocycles. The highest BCUT2D eigenvalue weighted by Crippen LogP contribution is 2.37. The van der Waals surface area contributed by atoms with Crippen LogP contribution in [0.4, 0.5) is 4.39 Å². The van der Waals surface area contributed by atoms with E-state index in [0.29, 0.717) is 0 Å². The molecule has 0 aromatic carbocycles. The van der Waals surface area contributed by atoms with Crippen LogP contribution >= 0.6 is 12.2 Å². The molecular weight excluding hydrogens is 279 g/mol. The van der Waals surface area contributed by atoms with Crippen LogP contribution in [0.5, 0.6) is 0 Å². The van der Waals surface area contributed by atoms with Crippen molar-refractivity contribution in [1.29, 1.82) is 0 Å². The molecule has 1 aromatic rings. The lowest BCUT2D eigenvalue weighted by molar-refractivity contribution is -0.207. The van der Waals surface area contributed by atoms with Crippen LogP contribution < -0.4 is 5.56 Å². The summed E-state index contributed by atoms with van der Waals surface area (Å²) in [5.74, 6) is -2.77. The van der Waals surface area contributed by atoms with Gasteiger partial charge >= 0.3 is 0 Å². The van der Waals surface area contributed by atoms with Crippen molar-refractivity contribution < 1.29 is 24.4 Å². The van der Waals surface area contributed by atoms with E-state index in [0.717, 1.165) is 4.57 Å². The van der Waals surface area contributed by atoms with Crippen molar-refractivity contribution in [3.63, 3.8) is 0 Å². The van der Waals surface area contributed by atoms with Crippen LogP contribution in [-0.2, 0) is 4.74 Å². The number of halogens is 1. The summed E-state index contributed by atoms with van der Waals surface area (Å²) in [6.07, 6.45) is -3.61. The van der Waals surface area contributed by atoms with E-state index >= 15 is 0 Å². The largest absolute Gasteiger partial charge is 0.390 e. The zero-order valence-corrected chi connectivity index (χ0v) is 10.7. The topological polar surface area (TPSA) is 108 Å². The summed E-state index contributed by atoms with van der Waals surface area (Å²) in [4.78, 5) is 13.7. The molecule has 0 radical (unpaired) electrons. The average Bonchev–Trinajstić information content (AvgIpc) is 2.59. The second-order valence-electron chi connectivity index (χ2n) is 4.37. The maximum Gasteiger partial charge on any atom is 0.263 e. The first kappa shape index (κ1) is 14.3. The number of nitrogens with one attached hydrogen (secondary N) is 1. The molecule has 106 valence electrons. The summed E-state index contributed by atoms with van der Waals surface area (Å²) in [6, 6.07) is 0. The number of aliphatic hydroxyl groups excluding tert-OH is 3. The number of aliphatic hydroxyl groups is 3. The quantitative estimate of drug-likeness (QED) is 0.527. The third-order valence-corrected chi connectivity index (χ3v) is 3.32. The molecule has 4 atom stereocenters. The van der Waals surface area contributed by atoms with E-state index in [4.69, 9.17) is 22.1 Å². The van der Waals surface area contributed by atoms with Crippen LogP contribution in [0, 0.1) is 11.7 Å². The smallest absolute Gasteiger partial charge is 0.263 e. The van der Waals surface area contributed by atoms with Gasteiger partial charge in [0.1, 0.15) is 18.8 Å². The molecule has 2 heterocycles. The number of aromatic nitrogens is 2. The van der Waals surface area contributed by atoms with Crippen molar-refractivity contribution in [1.82, 2.24) is 9.55 Å². The van der Waals surface area contributed by atoms with Crippen LogP contribution in [0.15, 0.2) is 11.0 Å². The molecule has 7 nitrogen and oxygen atoms in total. The van der Waals surface area contributed by atoms with Crippen molar-refractivity contribution in [2.75, 3.05) is 6.61 Å². The normalized spacial score (nSPS) is 34.7. The SMILES string of the molecule is Cc1cn([C@@H]2O[C@](F)(CO)[C@@H](O)[C@H]2O)c(=S)[nH]c1=O. The fraction of sp³-hybridized carbons (Fsp3) is 0.600. The Morgan fingerprint density at radius 3 is 2.79 bits per heavy atom. The second-order valence-corrected chi connectivity index (χ2v) is 4.75. The highest BCUT2D eigenvalue weighted by molar-refractivity contribution is 7.71. The monoisotopic (exact) mass is 292 g/mol. The Kier molecular flexibility index (Phi) is 3.58. The van der Waals surface area contributed by atoms with E-state index < -0.39 is 36.5 Å². The van der Waals surface area contributed by atoms with Crippen molar-refractivity contribution >= 4 is 12.2 Å². The van der Waals surface area contributed by atoms with E-state index in [1.165, 1.54) is 13.1 Å². The molecule has 0 aliphatic carbocycles. The summed E-state index contributed by atoms with van der Waals surface area (Å²) in [7, 11) is 0. The van der Waals surface area contributed by atoms with Crippen LogP contribution in [-0.4, -0.2) is 49.5 Å². The minimum atomic E-state index is -2.77. The highest BCUT2D eigenvalue weighted by atomic mass is 32.1. The number of H-pyrrole nitrogens is 1. The number of aromatic amines is 1. The lowest BCUT2D eigenvalue weighted by atomic mass is 10.1. The van der Waals surface area contributed by atoms with Gasteiger partial charge in [0.15, 0.2) is 11.0 Å². The van der Waals surface area contributed by atoms with E-state index in [-0.39, 0.29) is 10.3 Å². The Hall–Kier alpha value is -1.13. The summed E-state index contributed by atoms with van der Waals surface area (Å²) in [5, 5.41) is 28.2. The Balaban J connectivity index is 2.47. The molecule has 1 fully saturated rings. The molecule has 2 rings (SSSR count). The zero-order valence-electron chi connectivity index (χ0n) is 9.91. The standard InChI is InChI=1S/C10H13FN2O5S/c1-4-2-13(9(19)12-7(4)17)8-5(15)6(16)10(11,3-14)18-8/h2,5-6,8,14-16H,3H2,1H3,(H,12,17,19)/t5-,6+,8-,10-/m1/s1. The summed E-state index contributed by atoms with van der Waals surface area (Å²) < 4.78 is 19.8. The van der Waals surface area contributed by atoms with Crippen molar-refractivity contribution in [2.45, 2.75) is 31.2 Å². The summed E-state index contributed by atoms with van der Waals surface area (Å²) >= 11 is 4.89. The number of ether oxygens (including phenoxy) is 1. The maximum absolute atomic E-state index is 13.9. The van der Waals surface area contributed by atoms with Gasteiger partial charge in [0.05, 0.1) is 0 Å². The third kappa shape index (κ3) is 2.23. The average molecular weight is 292 g/mol. The lowest BCUT2D eigenvalue weighted by Gasteiger charge is -2.20. The predicted molar refractivity (Wildman–Crippen MR) is 63.7 cm³/mol. The van der Waals surface area contributed by atoms with Gasteiger partial charge in [-0.15, -0.1) is 0 Å². The lowest BCUT2D eigenvalue weighted by Crippen LogP contribution is -2.42. The Bertz CT molecular complexity index is 602. The molecule has 0 spiro atoms. The fourth-order valence-electron chi connectivity index (χ4n) is 1.88. The molecule has 4 N–H and O–H groups in total. The van der Waals surface area contributed by atoms with Crippen molar-refractivity contribution in [2.24, 2.45) is 0 Å². The van der Waals surface area contributed by atoms with E-state index in [9.17, 15) is 19.4 Å². The number of aryl methyl sites for hydroxylation is 1. The first-order valence-corrected chi connectivity index (χ1v) is 5.87. The van der Waals surface area contributed by atoms with Gasteiger partial charge in [0.25, 0.3) is 11.4 Å². The fourth-order valence-corrected chi connectivity index (χ4v) is 2.13. The highest BCUT2D eigenvalue weighted by Gasteiger charge is 2.55. The second kappa shape index (κ2) is 4.76. The third-order valence-electron chi connectivity index (χ3n) is 3.01.